The van der Waals surface area contributed by atoms with Crippen LogP contribution in [0.4, 0.5) is 22.7 Å². The summed E-state index contributed by atoms with van der Waals surface area (Å²) in [5.74, 6) is 0.982. The van der Waals surface area contributed by atoms with Gasteiger partial charge in [0.2, 0.25) is 0 Å². The molecule has 2 heterocycles. The van der Waals surface area contributed by atoms with Gasteiger partial charge in [0.15, 0.2) is 5.69 Å². The van der Waals surface area contributed by atoms with Gasteiger partial charge in [0.25, 0.3) is 0 Å². The molecule has 0 aromatic heterocycles. The predicted octanol–water partition coefficient (Wildman–Crippen LogP) is 3.28. The molecule has 0 radical (unpaired) electrons. The van der Waals surface area contributed by atoms with E-state index in [1.54, 1.807) is 0 Å². The average molecular weight is 303 g/mol. The largest absolute Gasteiger partial charge is 0.353 e. The number of nitrogens with one attached hydrogen (secondary N) is 2. The number of nitrogens with zero attached hydrogens (tertiary/aromatic N) is 3. The average Bonchev–Trinajstić information content (AvgIpc) is 2.78. The van der Waals surface area contributed by atoms with Gasteiger partial charge in [-0.2, -0.15) is 0 Å². The highest BCUT2D eigenvalue weighted by Gasteiger charge is 2.22. The highest BCUT2D eigenvalue weighted by Crippen LogP contribution is 2.37. The first kappa shape index (κ1) is 13.8. The van der Waals surface area contributed by atoms with Crippen LogP contribution in [0.25, 0.3) is 4.85 Å². The minimum atomic E-state index is 0.611. The molecule has 23 heavy (non-hydrogen) atoms. The molecule has 114 valence electrons. The summed E-state index contributed by atoms with van der Waals surface area (Å²) >= 11 is 0. The van der Waals surface area contributed by atoms with E-state index in [0.717, 1.165) is 54.6 Å². The van der Waals surface area contributed by atoms with Crippen LogP contribution in [-0.4, -0.2) is 36.9 Å². The maximum atomic E-state index is 7.23. The van der Waals surface area contributed by atoms with Gasteiger partial charge in [0.05, 0.1) is 17.9 Å². The molecule has 5 nitrogen and oxygen atoms in total. The second-order valence-electron chi connectivity index (χ2n) is 5.66. The molecule has 2 aliphatic rings. The zero-order valence-corrected chi connectivity index (χ0v) is 12.7. The van der Waals surface area contributed by atoms with E-state index in [4.69, 9.17) is 11.6 Å². The quantitative estimate of drug-likeness (QED) is 0.734. The van der Waals surface area contributed by atoms with Gasteiger partial charge in [-0.25, -0.2) is 9.84 Å². The highest BCUT2D eigenvalue weighted by molar-refractivity contribution is 6.07. The fraction of sp³-hybridized carbons (Fsp3) is 0.222. The van der Waals surface area contributed by atoms with Crippen molar-refractivity contribution in [2.24, 2.45) is 4.99 Å². The van der Waals surface area contributed by atoms with Crippen LogP contribution in [0.5, 0.6) is 0 Å². The van der Waals surface area contributed by atoms with E-state index in [0.29, 0.717) is 5.69 Å². The Morgan fingerprint density at radius 1 is 1.04 bits per heavy atom. The van der Waals surface area contributed by atoms with Crippen LogP contribution >= 0.6 is 0 Å². The Labute approximate surface area is 135 Å². The van der Waals surface area contributed by atoms with Gasteiger partial charge < -0.3 is 15.5 Å². The number of anilines is 2. The molecule has 0 atom stereocenters. The molecule has 2 aromatic rings. The second kappa shape index (κ2) is 5.75. The van der Waals surface area contributed by atoms with Crippen LogP contribution in [0, 0.1) is 6.57 Å². The lowest BCUT2D eigenvalue weighted by atomic mass is 10.1. The third-order valence-corrected chi connectivity index (χ3v) is 4.19. The maximum absolute atomic E-state index is 7.23. The number of benzene rings is 2. The molecule has 1 fully saturated rings. The molecule has 0 saturated carbocycles. The molecule has 0 spiro atoms. The standard InChI is InChI=1S/C18H17N5/c1-19-13-6-7-16-17(12-13)22-18(23-10-8-20-9-11-23)14-4-2-3-5-15(14)21-16/h2-7,12,20-21H,8-11H2. The Bertz CT molecular complexity index is 812. The van der Waals surface area contributed by atoms with E-state index in [1.165, 1.54) is 0 Å². The summed E-state index contributed by atoms with van der Waals surface area (Å²) in [6.45, 7) is 11.0. The molecule has 0 amide bonds. The van der Waals surface area contributed by atoms with Crippen molar-refractivity contribution in [2.45, 2.75) is 0 Å². The number of hydrogen-bond donors (Lipinski definition) is 2. The molecule has 0 unspecified atom stereocenters. The molecule has 0 bridgehead atoms. The van der Waals surface area contributed by atoms with Gasteiger partial charge in [-0.1, -0.05) is 18.2 Å². The fourth-order valence-corrected chi connectivity index (χ4v) is 3.01. The van der Waals surface area contributed by atoms with Gasteiger partial charge in [0.1, 0.15) is 5.84 Å². The Balaban J connectivity index is 1.88. The molecule has 4 rings (SSSR count). The van der Waals surface area contributed by atoms with Crippen LogP contribution < -0.4 is 10.6 Å². The number of para-hydroxylation sites is 1. The normalized spacial score (nSPS) is 16.3. The molecule has 0 aliphatic carbocycles. The molecule has 2 N–H and O–H groups in total. The van der Waals surface area contributed by atoms with Crippen LogP contribution in [0.3, 0.4) is 0 Å². The molecular weight excluding hydrogens is 286 g/mol. The predicted molar refractivity (Wildman–Crippen MR) is 93.1 cm³/mol. The minimum Gasteiger partial charge on any atom is -0.353 e. The summed E-state index contributed by atoms with van der Waals surface area (Å²) in [5, 5.41) is 6.84. The third kappa shape index (κ3) is 2.54. The van der Waals surface area contributed by atoms with Crippen molar-refractivity contribution < 1.29 is 0 Å². The van der Waals surface area contributed by atoms with Gasteiger partial charge in [-0.05, 0) is 24.3 Å². The SMILES string of the molecule is [C-]#[N+]c1ccc2c(c1)N=C(N1CCNCC1)c1ccccc1N2. The summed E-state index contributed by atoms with van der Waals surface area (Å²) in [5.41, 5.74) is 4.53. The molecule has 2 aromatic carbocycles. The van der Waals surface area contributed by atoms with E-state index in [2.05, 4.69) is 32.5 Å². The monoisotopic (exact) mass is 303 g/mol. The van der Waals surface area contributed by atoms with E-state index >= 15 is 0 Å². The summed E-state index contributed by atoms with van der Waals surface area (Å²) in [6, 6.07) is 13.9. The van der Waals surface area contributed by atoms with Crippen LogP contribution in [-0.2, 0) is 0 Å². The van der Waals surface area contributed by atoms with Crippen LogP contribution in [0.15, 0.2) is 47.5 Å². The number of rotatable bonds is 0. The van der Waals surface area contributed by atoms with Crippen LogP contribution in [0.2, 0.25) is 0 Å². The Hall–Kier alpha value is -2.84. The smallest absolute Gasteiger partial charge is 0.189 e. The molecule has 1 saturated heterocycles. The van der Waals surface area contributed by atoms with Gasteiger partial charge in [0, 0.05) is 37.4 Å². The van der Waals surface area contributed by atoms with Gasteiger partial charge in [-0.3, -0.25) is 0 Å². The van der Waals surface area contributed by atoms with Crippen molar-refractivity contribution in [1.82, 2.24) is 10.2 Å². The second-order valence-corrected chi connectivity index (χ2v) is 5.66. The molecule has 5 heteroatoms. The zero-order chi connectivity index (χ0) is 15.6. The first-order valence-electron chi connectivity index (χ1n) is 7.77. The van der Waals surface area contributed by atoms with Crippen molar-refractivity contribution in [2.75, 3.05) is 31.5 Å². The van der Waals surface area contributed by atoms with Crippen LogP contribution in [0.1, 0.15) is 5.56 Å². The van der Waals surface area contributed by atoms with Gasteiger partial charge >= 0.3 is 0 Å². The van der Waals surface area contributed by atoms with E-state index in [9.17, 15) is 0 Å². The topological polar surface area (TPSA) is 44.0 Å². The Morgan fingerprint density at radius 2 is 1.87 bits per heavy atom. The van der Waals surface area contributed by atoms with Crippen molar-refractivity contribution in [3.05, 3.63) is 59.4 Å². The van der Waals surface area contributed by atoms with Gasteiger partial charge in [-0.15, -0.1) is 0 Å². The van der Waals surface area contributed by atoms with Crippen molar-refractivity contribution in [3.63, 3.8) is 0 Å². The summed E-state index contributed by atoms with van der Waals surface area (Å²) in [7, 11) is 0. The van der Waals surface area contributed by atoms with Crippen molar-refractivity contribution >= 4 is 28.6 Å². The molecule has 2 aliphatic heterocycles. The zero-order valence-electron chi connectivity index (χ0n) is 12.7. The fourth-order valence-electron chi connectivity index (χ4n) is 3.01. The number of hydrogen-bond acceptors (Lipinski definition) is 4. The van der Waals surface area contributed by atoms with Crippen molar-refractivity contribution in [3.8, 4) is 0 Å². The van der Waals surface area contributed by atoms with E-state index in [1.807, 2.05) is 30.3 Å². The summed E-state index contributed by atoms with van der Waals surface area (Å²) in [4.78, 5) is 10.8. The summed E-state index contributed by atoms with van der Waals surface area (Å²) in [6.07, 6.45) is 0. The number of amidine groups is 1. The highest BCUT2D eigenvalue weighted by atomic mass is 15.2. The first-order valence-corrected chi connectivity index (χ1v) is 7.77. The lowest BCUT2D eigenvalue weighted by Gasteiger charge is -2.30. The number of piperazine rings is 1. The number of aliphatic imine (C=N–C) groups is 1. The lowest BCUT2D eigenvalue weighted by Crippen LogP contribution is -2.46. The van der Waals surface area contributed by atoms with E-state index in [-0.39, 0.29) is 0 Å². The third-order valence-electron chi connectivity index (χ3n) is 4.19. The summed E-state index contributed by atoms with van der Waals surface area (Å²) < 4.78 is 0. The number of fused-ring (bicyclic) bond motifs is 2. The molecular formula is C18H17N5. The first-order chi connectivity index (χ1) is 11.3. The Morgan fingerprint density at radius 3 is 2.70 bits per heavy atom. The minimum absolute atomic E-state index is 0.611. The van der Waals surface area contributed by atoms with E-state index < -0.39 is 0 Å². The van der Waals surface area contributed by atoms with Crippen molar-refractivity contribution in [1.29, 1.82) is 0 Å². The maximum Gasteiger partial charge on any atom is 0.189 e. The Kier molecular flexibility index (Phi) is 3.45. The lowest BCUT2D eigenvalue weighted by molar-refractivity contribution is 0.358.